The van der Waals surface area contributed by atoms with Crippen molar-refractivity contribution in [2.75, 3.05) is 7.11 Å². The summed E-state index contributed by atoms with van der Waals surface area (Å²) < 4.78 is 5.30. The van der Waals surface area contributed by atoms with Crippen LogP contribution in [-0.2, 0) is 12.8 Å². The van der Waals surface area contributed by atoms with Crippen LogP contribution in [0.5, 0.6) is 5.75 Å². The normalized spacial score (nSPS) is 10.1. The Kier molecular flexibility index (Phi) is 3.81. The predicted octanol–water partition coefficient (Wildman–Crippen LogP) is 3.21. The van der Waals surface area contributed by atoms with E-state index in [1.165, 1.54) is 17.5 Å². The predicted molar refractivity (Wildman–Crippen MR) is 56.4 cm³/mol. The van der Waals surface area contributed by atoms with Crippen molar-refractivity contribution < 1.29 is 4.74 Å². The number of ether oxygens (including phenoxy) is 1. The van der Waals surface area contributed by atoms with E-state index in [0.717, 1.165) is 18.6 Å². The van der Waals surface area contributed by atoms with E-state index < -0.39 is 0 Å². The fourth-order valence-electron chi connectivity index (χ4n) is 1.52. The molecule has 0 saturated carbocycles. The van der Waals surface area contributed by atoms with Gasteiger partial charge in [0.15, 0.2) is 0 Å². The second-order valence-electron chi connectivity index (χ2n) is 3.25. The molecule has 0 heterocycles. The highest BCUT2D eigenvalue weighted by Gasteiger charge is 2.01. The number of benzene rings is 1. The van der Waals surface area contributed by atoms with Crippen LogP contribution in [0.2, 0.25) is 0 Å². The molecule has 0 saturated heterocycles. The lowest BCUT2D eigenvalue weighted by Gasteiger charge is -2.08. The van der Waals surface area contributed by atoms with Gasteiger partial charge in [-0.25, -0.2) is 0 Å². The molecule has 72 valence electrons. The molecule has 1 aromatic rings. The number of rotatable bonds is 4. The summed E-state index contributed by atoms with van der Waals surface area (Å²) in [6, 6.07) is 6.46. The highest BCUT2D eigenvalue weighted by molar-refractivity contribution is 5.37. The molecule has 0 unspecified atom stereocenters. The fraction of sp³-hybridized carbons (Fsp3) is 0.500. The van der Waals surface area contributed by atoms with Crippen LogP contribution in [0.4, 0.5) is 0 Å². The molecule has 0 N–H and O–H groups in total. The largest absolute Gasteiger partial charge is 0.496 e. The Bertz CT molecular complexity index is 266. The van der Waals surface area contributed by atoms with Gasteiger partial charge in [-0.3, -0.25) is 0 Å². The van der Waals surface area contributed by atoms with Gasteiger partial charge >= 0.3 is 0 Å². The topological polar surface area (TPSA) is 9.23 Å². The standard InChI is InChI=1S/C12H18O/c1-4-6-11-9-10(5-2)7-8-12(11)13-3/h7-9H,4-6H2,1-3H3. The lowest BCUT2D eigenvalue weighted by molar-refractivity contribution is 0.409. The minimum atomic E-state index is 1.03. The van der Waals surface area contributed by atoms with Crippen LogP contribution in [0.25, 0.3) is 0 Å². The number of hydrogen-bond donors (Lipinski definition) is 0. The van der Waals surface area contributed by atoms with Crippen molar-refractivity contribution >= 4 is 0 Å². The summed E-state index contributed by atoms with van der Waals surface area (Å²) in [6.45, 7) is 4.37. The Labute approximate surface area is 80.7 Å². The zero-order chi connectivity index (χ0) is 9.68. The zero-order valence-corrected chi connectivity index (χ0v) is 8.76. The number of aryl methyl sites for hydroxylation is 2. The van der Waals surface area contributed by atoms with Crippen LogP contribution < -0.4 is 4.74 Å². The highest BCUT2D eigenvalue weighted by Crippen LogP contribution is 2.21. The third kappa shape index (κ3) is 2.48. The van der Waals surface area contributed by atoms with Crippen molar-refractivity contribution in [3.63, 3.8) is 0 Å². The molecule has 0 aliphatic rings. The highest BCUT2D eigenvalue weighted by atomic mass is 16.5. The minimum Gasteiger partial charge on any atom is -0.496 e. The Hall–Kier alpha value is -0.980. The van der Waals surface area contributed by atoms with Crippen molar-refractivity contribution in [2.45, 2.75) is 33.1 Å². The summed E-state index contributed by atoms with van der Waals surface area (Å²) in [5.41, 5.74) is 2.73. The van der Waals surface area contributed by atoms with Crippen molar-refractivity contribution in [1.29, 1.82) is 0 Å². The van der Waals surface area contributed by atoms with Gasteiger partial charge in [0.05, 0.1) is 7.11 Å². The van der Waals surface area contributed by atoms with Crippen molar-refractivity contribution in [3.05, 3.63) is 29.3 Å². The molecule has 0 atom stereocenters. The lowest BCUT2D eigenvalue weighted by Crippen LogP contribution is -1.93. The van der Waals surface area contributed by atoms with Gasteiger partial charge in [0, 0.05) is 0 Å². The smallest absolute Gasteiger partial charge is 0.122 e. The maximum Gasteiger partial charge on any atom is 0.122 e. The molecule has 0 spiro atoms. The van der Waals surface area contributed by atoms with Gasteiger partial charge in [-0.15, -0.1) is 0 Å². The minimum absolute atomic E-state index is 1.03. The first-order chi connectivity index (χ1) is 6.31. The molecule has 0 amide bonds. The van der Waals surface area contributed by atoms with E-state index in [1.54, 1.807) is 7.11 Å². The van der Waals surface area contributed by atoms with Crippen LogP contribution in [-0.4, -0.2) is 7.11 Å². The second kappa shape index (κ2) is 4.90. The molecule has 1 heteroatoms. The summed E-state index contributed by atoms with van der Waals surface area (Å²) in [4.78, 5) is 0. The Morgan fingerprint density at radius 1 is 1.23 bits per heavy atom. The number of methoxy groups -OCH3 is 1. The molecule has 1 rings (SSSR count). The molecular weight excluding hydrogens is 160 g/mol. The first kappa shape index (κ1) is 10.1. The van der Waals surface area contributed by atoms with Crippen molar-refractivity contribution in [1.82, 2.24) is 0 Å². The lowest BCUT2D eigenvalue weighted by atomic mass is 10.0. The maximum atomic E-state index is 5.30. The quantitative estimate of drug-likeness (QED) is 0.688. The van der Waals surface area contributed by atoms with Gasteiger partial charge in [0.1, 0.15) is 5.75 Å². The first-order valence-corrected chi connectivity index (χ1v) is 4.97. The van der Waals surface area contributed by atoms with E-state index in [1.807, 2.05) is 0 Å². The third-order valence-corrected chi connectivity index (χ3v) is 2.27. The average Bonchev–Trinajstić information content (AvgIpc) is 2.18. The third-order valence-electron chi connectivity index (χ3n) is 2.27. The van der Waals surface area contributed by atoms with Gasteiger partial charge in [0.2, 0.25) is 0 Å². The molecule has 0 fully saturated rings. The van der Waals surface area contributed by atoms with Crippen LogP contribution in [0.3, 0.4) is 0 Å². The van der Waals surface area contributed by atoms with E-state index >= 15 is 0 Å². The Morgan fingerprint density at radius 3 is 2.54 bits per heavy atom. The second-order valence-corrected chi connectivity index (χ2v) is 3.25. The van der Waals surface area contributed by atoms with Crippen LogP contribution in [0.1, 0.15) is 31.4 Å². The molecule has 13 heavy (non-hydrogen) atoms. The van der Waals surface area contributed by atoms with Gasteiger partial charge in [-0.2, -0.15) is 0 Å². The molecule has 0 aromatic heterocycles. The summed E-state index contributed by atoms with van der Waals surface area (Å²) in [7, 11) is 1.74. The molecule has 0 radical (unpaired) electrons. The summed E-state index contributed by atoms with van der Waals surface area (Å²) in [5.74, 6) is 1.03. The SMILES string of the molecule is CCCc1cc(CC)ccc1OC. The van der Waals surface area contributed by atoms with Gasteiger partial charge in [-0.1, -0.05) is 32.4 Å². The fourth-order valence-corrected chi connectivity index (χ4v) is 1.52. The van der Waals surface area contributed by atoms with E-state index in [2.05, 4.69) is 32.0 Å². The van der Waals surface area contributed by atoms with Gasteiger partial charge in [0.25, 0.3) is 0 Å². The number of hydrogen-bond acceptors (Lipinski definition) is 1. The molecule has 0 aliphatic carbocycles. The Balaban J connectivity index is 2.95. The average molecular weight is 178 g/mol. The summed E-state index contributed by atoms with van der Waals surface area (Å²) >= 11 is 0. The first-order valence-electron chi connectivity index (χ1n) is 4.97. The molecule has 1 nitrogen and oxygen atoms in total. The van der Waals surface area contributed by atoms with E-state index in [0.29, 0.717) is 0 Å². The van der Waals surface area contributed by atoms with Crippen molar-refractivity contribution in [2.24, 2.45) is 0 Å². The van der Waals surface area contributed by atoms with Crippen LogP contribution in [0, 0.1) is 0 Å². The maximum absolute atomic E-state index is 5.30. The van der Waals surface area contributed by atoms with Crippen LogP contribution >= 0.6 is 0 Å². The monoisotopic (exact) mass is 178 g/mol. The van der Waals surface area contributed by atoms with Gasteiger partial charge in [-0.05, 0) is 30.0 Å². The van der Waals surface area contributed by atoms with E-state index in [4.69, 9.17) is 4.74 Å². The molecule has 0 aliphatic heterocycles. The molecule has 1 aromatic carbocycles. The zero-order valence-electron chi connectivity index (χ0n) is 8.76. The van der Waals surface area contributed by atoms with E-state index in [-0.39, 0.29) is 0 Å². The molecule has 0 bridgehead atoms. The Morgan fingerprint density at radius 2 is 2.00 bits per heavy atom. The van der Waals surface area contributed by atoms with Crippen LogP contribution in [0.15, 0.2) is 18.2 Å². The molecular formula is C12H18O. The summed E-state index contributed by atoms with van der Waals surface area (Å²) in [5, 5.41) is 0. The van der Waals surface area contributed by atoms with Crippen molar-refractivity contribution in [3.8, 4) is 5.75 Å². The van der Waals surface area contributed by atoms with Gasteiger partial charge < -0.3 is 4.74 Å². The summed E-state index contributed by atoms with van der Waals surface area (Å²) in [6.07, 6.45) is 3.38. The van der Waals surface area contributed by atoms with E-state index in [9.17, 15) is 0 Å².